The first-order chi connectivity index (χ1) is 12.6. The van der Waals surface area contributed by atoms with Gasteiger partial charge in [-0.05, 0) is 12.1 Å². The normalized spacial score (nSPS) is 20.3. The van der Waals surface area contributed by atoms with Crippen LogP contribution in [-0.2, 0) is 14.3 Å². The van der Waals surface area contributed by atoms with E-state index in [0.717, 1.165) is 0 Å². The molecule has 2 aliphatic rings. The van der Waals surface area contributed by atoms with Gasteiger partial charge in [0.05, 0.1) is 0 Å². The Labute approximate surface area is 152 Å². The van der Waals surface area contributed by atoms with Crippen LogP contribution < -0.4 is 5.32 Å². The number of ether oxygens (including phenoxy) is 1. The van der Waals surface area contributed by atoms with Gasteiger partial charge in [-0.3, -0.25) is 19.4 Å². The molecule has 0 bridgehead atoms. The van der Waals surface area contributed by atoms with E-state index in [1.807, 2.05) is 0 Å². The fraction of sp³-hybridized carbons (Fsp3) is 0.556. The highest BCUT2D eigenvalue weighted by Crippen LogP contribution is 2.29. The summed E-state index contributed by atoms with van der Waals surface area (Å²) in [5.74, 6) is -0.267. The minimum atomic E-state index is -0.936. The van der Waals surface area contributed by atoms with Gasteiger partial charge in [0, 0.05) is 65.3 Å². The maximum absolute atomic E-state index is 13.1. The molecule has 2 saturated heterocycles. The number of amides is 3. The van der Waals surface area contributed by atoms with E-state index in [4.69, 9.17) is 4.74 Å². The SMILES string of the molecule is COC1(C(=O)N2CCNC(=O)CC2)CCN(C(=O)c2ccccn2)CC1. The highest BCUT2D eigenvalue weighted by molar-refractivity contribution is 5.93. The predicted octanol–water partition coefficient (Wildman–Crippen LogP) is 0.0513. The Kier molecular flexibility index (Phi) is 5.51. The molecule has 26 heavy (non-hydrogen) atoms. The van der Waals surface area contributed by atoms with E-state index in [2.05, 4.69) is 10.3 Å². The zero-order valence-corrected chi connectivity index (χ0v) is 14.9. The van der Waals surface area contributed by atoms with Crippen LogP contribution in [0.4, 0.5) is 0 Å². The smallest absolute Gasteiger partial charge is 0.272 e. The van der Waals surface area contributed by atoms with E-state index in [0.29, 0.717) is 57.7 Å². The number of methoxy groups -OCH3 is 1. The molecule has 3 amide bonds. The van der Waals surface area contributed by atoms with Gasteiger partial charge in [0.2, 0.25) is 5.91 Å². The summed E-state index contributed by atoms with van der Waals surface area (Å²) in [5.41, 5.74) is -0.533. The third-order valence-corrected chi connectivity index (χ3v) is 5.12. The van der Waals surface area contributed by atoms with Crippen LogP contribution in [0, 0.1) is 0 Å². The minimum absolute atomic E-state index is 0.0393. The quantitative estimate of drug-likeness (QED) is 0.822. The molecule has 2 aliphatic heterocycles. The van der Waals surface area contributed by atoms with Crippen molar-refractivity contribution in [3.05, 3.63) is 30.1 Å². The van der Waals surface area contributed by atoms with Crippen molar-refractivity contribution in [2.24, 2.45) is 0 Å². The Morgan fingerprint density at radius 3 is 2.58 bits per heavy atom. The molecule has 2 fully saturated rings. The summed E-state index contributed by atoms with van der Waals surface area (Å²) in [5, 5.41) is 2.77. The molecule has 140 valence electrons. The molecule has 0 spiro atoms. The second kappa shape index (κ2) is 7.82. The number of carbonyl (C=O) groups is 3. The van der Waals surface area contributed by atoms with Crippen LogP contribution in [0.5, 0.6) is 0 Å². The topological polar surface area (TPSA) is 91.8 Å². The molecule has 3 rings (SSSR count). The molecule has 0 radical (unpaired) electrons. The van der Waals surface area contributed by atoms with Crippen LogP contribution >= 0.6 is 0 Å². The standard InChI is InChI=1S/C18H24N4O4/c1-26-18(17(25)22-10-5-15(23)20-9-13-22)6-11-21(12-7-18)16(24)14-4-2-3-8-19-14/h2-4,8H,5-7,9-13H2,1H3,(H,20,23). The number of aromatic nitrogens is 1. The van der Waals surface area contributed by atoms with E-state index in [-0.39, 0.29) is 17.7 Å². The van der Waals surface area contributed by atoms with Gasteiger partial charge in [0.1, 0.15) is 11.3 Å². The lowest BCUT2D eigenvalue weighted by Gasteiger charge is -2.41. The van der Waals surface area contributed by atoms with Crippen molar-refractivity contribution < 1.29 is 19.1 Å². The second-order valence-corrected chi connectivity index (χ2v) is 6.60. The molecule has 0 atom stereocenters. The number of hydrogen-bond donors (Lipinski definition) is 1. The summed E-state index contributed by atoms with van der Waals surface area (Å²) in [6.07, 6.45) is 2.75. The number of hydrogen-bond acceptors (Lipinski definition) is 5. The van der Waals surface area contributed by atoms with Crippen molar-refractivity contribution in [1.82, 2.24) is 20.1 Å². The highest BCUT2D eigenvalue weighted by Gasteiger charge is 2.45. The monoisotopic (exact) mass is 360 g/mol. The van der Waals surface area contributed by atoms with Crippen molar-refractivity contribution in [1.29, 1.82) is 0 Å². The molecule has 8 nitrogen and oxygen atoms in total. The molecular weight excluding hydrogens is 336 g/mol. The second-order valence-electron chi connectivity index (χ2n) is 6.60. The number of carbonyl (C=O) groups excluding carboxylic acids is 3. The summed E-state index contributed by atoms with van der Waals surface area (Å²) < 4.78 is 5.65. The van der Waals surface area contributed by atoms with Crippen molar-refractivity contribution >= 4 is 17.7 Å². The highest BCUT2D eigenvalue weighted by atomic mass is 16.5. The van der Waals surface area contributed by atoms with E-state index in [1.54, 1.807) is 34.2 Å². The van der Waals surface area contributed by atoms with E-state index in [1.165, 1.54) is 7.11 Å². The van der Waals surface area contributed by atoms with Crippen molar-refractivity contribution in [3.8, 4) is 0 Å². The Hall–Kier alpha value is -2.48. The summed E-state index contributed by atoms with van der Waals surface area (Å²) in [6.45, 7) is 2.19. The Bertz CT molecular complexity index is 671. The lowest BCUT2D eigenvalue weighted by Crippen LogP contribution is -2.57. The van der Waals surface area contributed by atoms with Gasteiger partial charge in [0.15, 0.2) is 0 Å². The third kappa shape index (κ3) is 3.70. The molecule has 3 heterocycles. The van der Waals surface area contributed by atoms with Crippen molar-refractivity contribution in [2.75, 3.05) is 39.8 Å². The van der Waals surface area contributed by atoms with Gasteiger partial charge in [-0.25, -0.2) is 0 Å². The van der Waals surface area contributed by atoms with Crippen LogP contribution in [0.15, 0.2) is 24.4 Å². The fourth-order valence-electron chi connectivity index (χ4n) is 3.49. The van der Waals surface area contributed by atoms with E-state index in [9.17, 15) is 14.4 Å². The zero-order valence-electron chi connectivity index (χ0n) is 14.9. The van der Waals surface area contributed by atoms with Crippen LogP contribution in [0.3, 0.4) is 0 Å². The largest absolute Gasteiger partial charge is 0.368 e. The molecule has 0 aromatic carbocycles. The van der Waals surface area contributed by atoms with Crippen molar-refractivity contribution in [3.63, 3.8) is 0 Å². The van der Waals surface area contributed by atoms with Gasteiger partial charge < -0.3 is 19.9 Å². The lowest BCUT2D eigenvalue weighted by molar-refractivity contribution is -0.160. The van der Waals surface area contributed by atoms with Crippen LogP contribution in [-0.4, -0.2) is 77.9 Å². The number of pyridine rings is 1. The third-order valence-electron chi connectivity index (χ3n) is 5.12. The van der Waals surface area contributed by atoms with Gasteiger partial charge in [0.25, 0.3) is 11.8 Å². The van der Waals surface area contributed by atoms with E-state index < -0.39 is 5.60 Å². The maximum Gasteiger partial charge on any atom is 0.272 e. The molecule has 1 aromatic heterocycles. The average molecular weight is 360 g/mol. The number of rotatable bonds is 3. The maximum atomic E-state index is 13.1. The zero-order chi connectivity index (χ0) is 18.6. The van der Waals surface area contributed by atoms with E-state index >= 15 is 0 Å². The number of nitrogens with one attached hydrogen (secondary N) is 1. The van der Waals surface area contributed by atoms with Gasteiger partial charge in [-0.15, -0.1) is 0 Å². The molecule has 0 unspecified atom stereocenters. The van der Waals surface area contributed by atoms with Crippen molar-refractivity contribution in [2.45, 2.75) is 24.9 Å². The Morgan fingerprint density at radius 2 is 1.92 bits per heavy atom. The van der Waals surface area contributed by atoms with Gasteiger partial charge in [-0.1, -0.05) is 6.07 Å². The van der Waals surface area contributed by atoms with Crippen LogP contribution in [0.2, 0.25) is 0 Å². The molecule has 1 N–H and O–H groups in total. The molecular formula is C18H24N4O4. The predicted molar refractivity (Wildman–Crippen MR) is 93.3 cm³/mol. The number of piperidine rings is 1. The van der Waals surface area contributed by atoms with Gasteiger partial charge in [-0.2, -0.15) is 0 Å². The van der Waals surface area contributed by atoms with Gasteiger partial charge >= 0.3 is 0 Å². The Balaban J connectivity index is 1.65. The molecule has 8 heteroatoms. The lowest BCUT2D eigenvalue weighted by atomic mass is 9.89. The summed E-state index contributed by atoms with van der Waals surface area (Å²) >= 11 is 0. The fourth-order valence-corrected chi connectivity index (χ4v) is 3.49. The summed E-state index contributed by atoms with van der Waals surface area (Å²) in [7, 11) is 1.54. The summed E-state index contributed by atoms with van der Waals surface area (Å²) in [4.78, 5) is 44.6. The summed E-state index contributed by atoms with van der Waals surface area (Å²) in [6, 6.07) is 5.23. The first-order valence-corrected chi connectivity index (χ1v) is 8.87. The first kappa shape index (κ1) is 18.3. The number of likely N-dealkylation sites (tertiary alicyclic amines) is 1. The average Bonchev–Trinajstić information content (AvgIpc) is 2.92. The number of nitrogens with zero attached hydrogens (tertiary/aromatic N) is 3. The van der Waals surface area contributed by atoms with Crippen LogP contribution in [0.1, 0.15) is 29.8 Å². The molecule has 0 aliphatic carbocycles. The molecule has 0 saturated carbocycles. The Morgan fingerprint density at radius 1 is 1.15 bits per heavy atom. The minimum Gasteiger partial charge on any atom is -0.368 e. The first-order valence-electron chi connectivity index (χ1n) is 8.87. The molecule has 1 aromatic rings. The van der Waals surface area contributed by atoms with Crippen LogP contribution in [0.25, 0.3) is 0 Å².